The lowest BCUT2D eigenvalue weighted by Gasteiger charge is -2.22. The molecule has 1 N–H and O–H groups in total. The molecule has 0 saturated carbocycles. The number of aryl methyl sites for hydroxylation is 1. The molecular weight excluding hydrogens is 512 g/mol. The number of rotatable bonds is 6. The number of anilines is 1. The van der Waals surface area contributed by atoms with Crippen LogP contribution < -0.4 is 10.1 Å². The molecule has 7 heteroatoms. The largest absolute Gasteiger partial charge is 0.479 e. The number of hydrogen-bond acceptors (Lipinski definition) is 2. The zero-order valence-electron chi connectivity index (χ0n) is 18.0. The second-order valence-electron chi connectivity index (χ2n) is 7.68. The first kappa shape index (κ1) is 24.4. The summed E-state index contributed by atoms with van der Waals surface area (Å²) in [7, 11) is 0. The van der Waals surface area contributed by atoms with Gasteiger partial charge in [-0.25, -0.2) is 0 Å². The fourth-order valence-corrected chi connectivity index (χ4v) is 4.23. The predicted molar refractivity (Wildman–Crippen MR) is 141 cm³/mol. The number of carbonyl (C=O) groups is 1. The van der Waals surface area contributed by atoms with Gasteiger partial charge < -0.3 is 10.1 Å². The number of halogens is 4. The maximum absolute atomic E-state index is 12.7. The number of benzene rings is 4. The molecule has 0 aromatic heterocycles. The van der Waals surface area contributed by atoms with Gasteiger partial charge >= 0.3 is 0 Å². The molecular formula is C27H19Cl4NO2. The summed E-state index contributed by atoms with van der Waals surface area (Å²) in [4.78, 5) is 12.7. The van der Waals surface area contributed by atoms with Crippen molar-refractivity contribution in [1.82, 2.24) is 0 Å². The standard InChI is InChI=1S/C27H19Cl4NO2/c1-16-2-10-21(11-3-16)32-27(33)18-6-13-25(24(31)14-18)34-26(17-4-7-19(28)8-5-17)22-12-9-20(29)15-23(22)30/h2-15,26H,1H3,(H,32,33). The number of carbonyl (C=O) groups excluding carboxylic acids is 1. The van der Waals surface area contributed by atoms with Crippen molar-refractivity contribution in [3.8, 4) is 5.75 Å². The van der Waals surface area contributed by atoms with Gasteiger partial charge in [-0.1, -0.05) is 82.3 Å². The van der Waals surface area contributed by atoms with Crippen molar-refractivity contribution in [2.45, 2.75) is 13.0 Å². The van der Waals surface area contributed by atoms with Crippen LogP contribution in [0.25, 0.3) is 0 Å². The summed E-state index contributed by atoms with van der Waals surface area (Å²) < 4.78 is 6.31. The molecule has 0 saturated heterocycles. The molecule has 0 fully saturated rings. The average Bonchev–Trinajstić information content (AvgIpc) is 2.81. The van der Waals surface area contributed by atoms with Gasteiger partial charge in [-0.15, -0.1) is 0 Å². The van der Waals surface area contributed by atoms with Gasteiger partial charge in [0.25, 0.3) is 5.91 Å². The van der Waals surface area contributed by atoms with Crippen LogP contribution in [-0.2, 0) is 0 Å². The van der Waals surface area contributed by atoms with Gasteiger partial charge in [0.05, 0.1) is 5.02 Å². The van der Waals surface area contributed by atoms with Gasteiger partial charge in [0.2, 0.25) is 0 Å². The third-order valence-corrected chi connectivity index (χ3v) is 6.28. The van der Waals surface area contributed by atoms with Gasteiger partial charge in [-0.3, -0.25) is 4.79 Å². The quantitative estimate of drug-likeness (QED) is 0.270. The Morgan fingerprint density at radius 3 is 2.09 bits per heavy atom. The Morgan fingerprint density at radius 1 is 0.765 bits per heavy atom. The Bertz CT molecular complexity index is 1320. The number of ether oxygens (including phenoxy) is 1. The van der Waals surface area contributed by atoms with E-state index in [-0.39, 0.29) is 5.91 Å². The Morgan fingerprint density at radius 2 is 1.44 bits per heavy atom. The molecule has 0 heterocycles. The molecule has 0 aliphatic carbocycles. The van der Waals surface area contributed by atoms with Crippen LogP contribution >= 0.6 is 46.4 Å². The summed E-state index contributed by atoms with van der Waals surface area (Å²) in [6.45, 7) is 1.98. The second kappa shape index (κ2) is 10.7. The molecule has 4 aromatic rings. The van der Waals surface area contributed by atoms with E-state index in [0.29, 0.717) is 42.7 Å². The zero-order valence-corrected chi connectivity index (χ0v) is 21.0. The van der Waals surface area contributed by atoms with Crippen LogP contribution in [0.2, 0.25) is 20.1 Å². The molecule has 1 amide bonds. The third kappa shape index (κ3) is 5.86. The van der Waals surface area contributed by atoms with Crippen molar-refractivity contribution in [3.05, 3.63) is 127 Å². The lowest BCUT2D eigenvalue weighted by Crippen LogP contribution is -2.13. The summed E-state index contributed by atoms with van der Waals surface area (Å²) >= 11 is 25.2. The van der Waals surface area contributed by atoms with Crippen LogP contribution in [0.15, 0.2) is 84.9 Å². The molecule has 0 aliphatic heterocycles. The fraction of sp³-hybridized carbons (Fsp3) is 0.0741. The Balaban J connectivity index is 1.61. The summed E-state index contributed by atoms with van der Waals surface area (Å²) in [5.41, 5.74) is 3.76. The Labute approximate surface area is 218 Å². The molecule has 1 unspecified atom stereocenters. The van der Waals surface area contributed by atoms with E-state index in [1.54, 1.807) is 48.5 Å². The van der Waals surface area contributed by atoms with Crippen molar-refractivity contribution in [2.24, 2.45) is 0 Å². The van der Waals surface area contributed by atoms with E-state index >= 15 is 0 Å². The average molecular weight is 531 g/mol. The zero-order chi connectivity index (χ0) is 24.2. The van der Waals surface area contributed by atoms with Crippen molar-refractivity contribution < 1.29 is 9.53 Å². The maximum Gasteiger partial charge on any atom is 0.255 e. The molecule has 0 spiro atoms. The maximum atomic E-state index is 12.7. The molecule has 34 heavy (non-hydrogen) atoms. The van der Waals surface area contributed by atoms with E-state index in [4.69, 9.17) is 51.1 Å². The van der Waals surface area contributed by atoms with E-state index in [1.807, 2.05) is 43.3 Å². The highest BCUT2D eigenvalue weighted by atomic mass is 35.5. The number of hydrogen-bond donors (Lipinski definition) is 1. The van der Waals surface area contributed by atoms with Crippen LogP contribution in [0.4, 0.5) is 5.69 Å². The minimum absolute atomic E-state index is 0.271. The molecule has 4 aromatic carbocycles. The summed E-state index contributed by atoms with van der Waals surface area (Å²) in [6, 6.07) is 24.9. The van der Waals surface area contributed by atoms with E-state index in [1.165, 1.54) is 0 Å². The SMILES string of the molecule is Cc1ccc(NC(=O)c2ccc(OC(c3ccc(Cl)cc3)c3ccc(Cl)cc3Cl)c(Cl)c2)cc1. The highest BCUT2D eigenvalue weighted by Gasteiger charge is 2.21. The van der Waals surface area contributed by atoms with Gasteiger partial charge in [0.15, 0.2) is 6.10 Å². The monoisotopic (exact) mass is 529 g/mol. The summed E-state index contributed by atoms with van der Waals surface area (Å²) in [5.74, 6) is 0.131. The van der Waals surface area contributed by atoms with Crippen LogP contribution in [0.5, 0.6) is 5.75 Å². The first-order chi connectivity index (χ1) is 16.3. The molecule has 3 nitrogen and oxygen atoms in total. The van der Waals surface area contributed by atoms with E-state index in [2.05, 4.69) is 5.32 Å². The van der Waals surface area contributed by atoms with Crippen LogP contribution in [0.3, 0.4) is 0 Å². The van der Waals surface area contributed by atoms with Crippen molar-refractivity contribution in [1.29, 1.82) is 0 Å². The first-order valence-corrected chi connectivity index (χ1v) is 11.9. The normalized spacial score (nSPS) is 11.7. The molecule has 172 valence electrons. The summed E-state index contributed by atoms with van der Waals surface area (Å²) in [5, 5.41) is 4.73. The minimum atomic E-state index is -0.577. The smallest absolute Gasteiger partial charge is 0.255 e. The molecule has 0 bridgehead atoms. The van der Waals surface area contributed by atoms with Gasteiger partial charge in [0.1, 0.15) is 5.75 Å². The highest BCUT2D eigenvalue weighted by molar-refractivity contribution is 6.35. The summed E-state index contributed by atoms with van der Waals surface area (Å²) in [6.07, 6.45) is -0.577. The first-order valence-electron chi connectivity index (χ1n) is 10.3. The molecule has 4 rings (SSSR count). The van der Waals surface area contributed by atoms with Crippen molar-refractivity contribution in [3.63, 3.8) is 0 Å². The second-order valence-corrected chi connectivity index (χ2v) is 9.37. The minimum Gasteiger partial charge on any atom is -0.479 e. The molecule has 1 atom stereocenters. The van der Waals surface area contributed by atoms with Crippen LogP contribution in [0, 0.1) is 6.92 Å². The van der Waals surface area contributed by atoms with E-state index < -0.39 is 6.10 Å². The van der Waals surface area contributed by atoms with Crippen LogP contribution in [0.1, 0.15) is 33.2 Å². The fourth-order valence-electron chi connectivity index (χ4n) is 3.37. The lowest BCUT2D eigenvalue weighted by molar-refractivity contribution is 0.102. The van der Waals surface area contributed by atoms with Gasteiger partial charge in [-0.05, 0) is 67.1 Å². The highest BCUT2D eigenvalue weighted by Crippen LogP contribution is 2.37. The number of nitrogens with one attached hydrogen (secondary N) is 1. The lowest BCUT2D eigenvalue weighted by atomic mass is 10.0. The third-order valence-electron chi connectivity index (χ3n) is 5.17. The van der Waals surface area contributed by atoms with Gasteiger partial charge in [0, 0.05) is 31.9 Å². The van der Waals surface area contributed by atoms with E-state index in [0.717, 1.165) is 11.1 Å². The van der Waals surface area contributed by atoms with Crippen molar-refractivity contribution >= 4 is 58.0 Å². The topological polar surface area (TPSA) is 38.3 Å². The van der Waals surface area contributed by atoms with E-state index in [9.17, 15) is 4.79 Å². The van der Waals surface area contributed by atoms with Crippen LogP contribution in [-0.4, -0.2) is 5.91 Å². The molecule has 0 radical (unpaired) electrons. The van der Waals surface area contributed by atoms with Crippen molar-refractivity contribution in [2.75, 3.05) is 5.32 Å². The predicted octanol–water partition coefficient (Wildman–Crippen LogP) is 9.03. The van der Waals surface area contributed by atoms with Gasteiger partial charge in [-0.2, -0.15) is 0 Å². The molecule has 0 aliphatic rings. The Kier molecular flexibility index (Phi) is 7.70. The Hall–Kier alpha value is -2.69. The number of amides is 1.